The minimum atomic E-state index is -4.40. The summed E-state index contributed by atoms with van der Waals surface area (Å²) in [6.45, 7) is 0. The van der Waals surface area contributed by atoms with Crippen LogP contribution in [-0.4, -0.2) is 11.7 Å². The molecule has 3 nitrogen and oxygen atoms in total. The number of alkyl halides is 3. The van der Waals surface area contributed by atoms with E-state index in [-0.39, 0.29) is 25.0 Å². The van der Waals surface area contributed by atoms with Gasteiger partial charge in [0, 0.05) is 6.42 Å². The average molecular weight is 259 g/mol. The van der Waals surface area contributed by atoms with E-state index in [4.69, 9.17) is 5.73 Å². The molecular weight excluding hydrogens is 247 g/mol. The molecule has 0 aliphatic carbocycles. The predicted molar refractivity (Wildman–Crippen MR) is 58.6 cm³/mol. The van der Waals surface area contributed by atoms with Crippen molar-refractivity contribution in [2.24, 2.45) is 5.73 Å². The van der Waals surface area contributed by atoms with Crippen LogP contribution in [0.5, 0.6) is 0 Å². The summed E-state index contributed by atoms with van der Waals surface area (Å²) in [6.07, 6.45) is -4.60. The lowest BCUT2D eigenvalue weighted by molar-refractivity contribution is -0.137. The van der Waals surface area contributed by atoms with Gasteiger partial charge in [-0.1, -0.05) is 18.2 Å². The highest BCUT2D eigenvalue weighted by Gasteiger charge is 2.30. The molecule has 1 rings (SSSR count). The van der Waals surface area contributed by atoms with Crippen molar-refractivity contribution in [2.45, 2.75) is 25.4 Å². The number of rotatable bonds is 5. The predicted octanol–water partition coefficient (Wildman–Crippen LogP) is 2.08. The fourth-order valence-corrected chi connectivity index (χ4v) is 1.47. The summed E-state index contributed by atoms with van der Waals surface area (Å²) < 4.78 is 37.2. The maximum Gasteiger partial charge on any atom is 0.416 e. The summed E-state index contributed by atoms with van der Waals surface area (Å²) >= 11 is 0. The highest BCUT2D eigenvalue weighted by molar-refractivity contribution is 5.97. The van der Waals surface area contributed by atoms with Gasteiger partial charge in [0.2, 0.25) is 5.91 Å². The Kier molecular flexibility index (Phi) is 4.47. The molecule has 6 heteroatoms. The summed E-state index contributed by atoms with van der Waals surface area (Å²) in [5.74, 6) is -1.11. The molecule has 0 fully saturated rings. The van der Waals surface area contributed by atoms with Crippen LogP contribution in [0.4, 0.5) is 13.2 Å². The van der Waals surface area contributed by atoms with Gasteiger partial charge in [-0.05, 0) is 18.1 Å². The number of hydrogen-bond acceptors (Lipinski definition) is 2. The first-order valence-electron chi connectivity index (χ1n) is 5.25. The minimum absolute atomic E-state index is 0.00422. The molecule has 1 aromatic rings. The van der Waals surface area contributed by atoms with E-state index in [1.54, 1.807) is 0 Å². The number of Topliss-reactive ketones (excluding diaryl/α,β-unsaturated/α-hetero) is 1. The van der Waals surface area contributed by atoms with E-state index in [0.717, 1.165) is 12.1 Å². The van der Waals surface area contributed by atoms with Crippen LogP contribution in [0.3, 0.4) is 0 Å². The number of nitrogens with two attached hydrogens (primary N) is 1. The Morgan fingerprint density at radius 1 is 1.22 bits per heavy atom. The van der Waals surface area contributed by atoms with Crippen molar-refractivity contribution in [3.8, 4) is 0 Å². The van der Waals surface area contributed by atoms with Crippen LogP contribution in [0.2, 0.25) is 0 Å². The Balaban J connectivity index is 2.63. The largest absolute Gasteiger partial charge is 0.416 e. The van der Waals surface area contributed by atoms with Crippen LogP contribution in [0.1, 0.15) is 24.0 Å². The first-order chi connectivity index (χ1) is 8.29. The summed E-state index contributed by atoms with van der Waals surface area (Å²) in [5, 5.41) is 0. The zero-order chi connectivity index (χ0) is 13.8. The van der Waals surface area contributed by atoms with Crippen LogP contribution in [0.25, 0.3) is 0 Å². The first kappa shape index (κ1) is 14.2. The topological polar surface area (TPSA) is 60.2 Å². The fraction of sp³-hybridized carbons (Fsp3) is 0.333. The molecule has 0 saturated heterocycles. The number of carbonyl (C=O) groups excluding carboxylic acids is 2. The summed E-state index contributed by atoms with van der Waals surface area (Å²) in [4.78, 5) is 21.6. The Morgan fingerprint density at radius 3 is 2.44 bits per heavy atom. The van der Waals surface area contributed by atoms with E-state index in [9.17, 15) is 22.8 Å². The molecule has 98 valence electrons. The number of ketones is 1. The quantitative estimate of drug-likeness (QED) is 0.823. The summed E-state index contributed by atoms with van der Waals surface area (Å²) in [6, 6.07) is 4.76. The highest BCUT2D eigenvalue weighted by Crippen LogP contribution is 2.29. The molecule has 0 aromatic heterocycles. The second-order valence-corrected chi connectivity index (χ2v) is 3.88. The lowest BCUT2D eigenvalue weighted by Gasteiger charge is -2.08. The van der Waals surface area contributed by atoms with Gasteiger partial charge in [0.25, 0.3) is 0 Å². The third-order valence-corrected chi connectivity index (χ3v) is 2.32. The van der Waals surface area contributed by atoms with Gasteiger partial charge in [-0.2, -0.15) is 13.2 Å². The smallest absolute Gasteiger partial charge is 0.369 e. The molecule has 0 atom stereocenters. The van der Waals surface area contributed by atoms with E-state index in [2.05, 4.69) is 0 Å². The van der Waals surface area contributed by atoms with Crippen molar-refractivity contribution in [3.05, 3.63) is 35.4 Å². The Labute approximate surface area is 102 Å². The second-order valence-electron chi connectivity index (χ2n) is 3.88. The Hall–Kier alpha value is -1.85. The molecule has 1 amide bonds. The number of amides is 1. The molecule has 0 spiro atoms. The molecule has 18 heavy (non-hydrogen) atoms. The molecule has 0 radical (unpaired) electrons. The molecule has 0 heterocycles. The first-order valence-corrected chi connectivity index (χ1v) is 5.25. The zero-order valence-corrected chi connectivity index (χ0v) is 9.46. The molecule has 0 bridgehead atoms. The van der Waals surface area contributed by atoms with Gasteiger partial charge in [-0.25, -0.2) is 0 Å². The van der Waals surface area contributed by atoms with Crippen molar-refractivity contribution >= 4 is 11.7 Å². The number of benzene rings is 1. The molecule has 0 aliphatic heterocycles. The van der Waals surface area contributed by atoms with Gasteiger partial charge in [0.05, 0.1) is 12.0 Å². The maximum absolute atomic E-state index is 12.4. The van der Waals surface area contributed by atoms with Crippen molar-refractivity contribution < 1.29 is 22.8 Å². The Morgan fingerprint density at radius 2 is 1.89 bits per heavy atom. The van der Waals surface area contributed by atoms with E-state index < -0.39 is 17.6 Å². The summed E-state index contributed by atoms with van der Waals surface area (Å²) in [7, 11) is 0. The van der Waals surface area contributed by atoms with Gasteiger partial charge in [0.1, 0.15) is 5.78 Å². The van der Waals surface area contributed by atoms with Gasteiger partial charge < -0.3 is 5.73 Å². The monoisotopic (exact) mass is 259 g/mol. The normalized spacial score (nSPS) is 11.3. The third-order valence-electron chi connectivity index (χ3n) is 2.32. The molecule has 0 saturated carbocycles. The van der Waals surface area contributed by atoms with Crippen LogP contribution in [0.15, 0.2) is 24.3 Å². The lowest BCUT2D eigenvalue weighted by Crippen LogP contribution is -2.16. The van der Waals surface area contributed by atoms with Crippen molar-refractivity contribution in [1.82, 2.24) is 0 Å². The second kappa shape index (κ2) is 5.66. The number of carbonyl (C=O) groups is 2. The molecule has 0 aliphatic rings. The van der Waals surface area contributed by atoms with E-state index >= 15 is 0 Å². The van der Waals surface area contributed by atoms with Crippen LogP contribution in [-0.2, 0) is 22.2 Å². The van der Waals surface area contributed by atoms with E-state index in [1.807, 2.05) is 0 Å². The Bertz CT molecular complexity index is 455. The van der Waals surface area contributed by atoms with Gasteiger partial charge in [-0.15, -0.1) is 0 Å². The van der Waals surface area contributed by atoms with Crippen molar-refractivity contribution in [2.75, 3.05) is 0 Å². The van der Waals surface area contributed by atoms with Crippen LogP contribution in [0, 0.1) is 0 Å². The fourth-order valence-electron chi connectivity index (χ4n) is 1.47. The van der Waals surface area contributed by atoms with Crippen LogP contribution >= 0.6 is 0 Å². The van der Waals surface area contributed by atoms with Crippen molar-refractivity contribution in [3.63, 3.8) is 0 Å². The standard InChI is InChI=1S/C12H12F3NO2/c13-12(14,15)9-3-1-2-8(6-9)4-5-10(17)7-11(16)18/h1-3,6H,4-5,7H2,(H2,16,18). The van der Waals surface area contributed by atoms with Crippen molar-refractivity contribution in [1.29, 1.82) is 0 Å². The molecule has 2 N–H and O–H groups in total. The number of halogens is 3. The van der Waals surface area contributed by atoms with Gasteiger partial charge in [0.15, 0.2) is 0 Å². The number of hydrogen-bond donors (Lipinski definition) is 1. The zero-order valence-electron chi connectivity index (χ0n) is 9.46. The summed E-state index contributed by atoms with van der Waals surface area (Å²) in [5.41, 5.74) is 4.49. The third kappa shape index (κ3) is 4.57. The molecule has 0 unspecified atom stereocenters. The SMILES string of the molecule is NC(=O)CC(=O)CCc1cccc(C(F)(F)F)c1. The number of primary amides is 1. The lowest BCUT2D eigenvalue weighted by atomic mass is 10.0. The molecule has 1 aromatic carbocycles. The van der Waals surface area contributed by atoms with Gasteiger partial charge in [-0.3, -0.25) is 9.59 Å². The highest BCUT2D eigenvalue weighted by atomic mass is 19.4. The average Bonchev–Trinajstić information content (AvgIpc) is 2.25. The van der Waals surface area contributed by atoms with E-state index in [0.29, 0.717) is 5.56 Å². The van der Waals surface area contributed by atoms with Gasteiger partial charge >= 0.3 is 6.18 Å². The minimum Gasteiger partial charge on any atom is -0.369 e. The maximum atomic E-state index is 12.4. The molecular formula is C12H12F3NO2. The van der Waals surface area contributed by atoms with Crippen LogP contribution < -0.4 is 5.73 Å². The van der Waals surface area contributed by atoms with E-state index in [1.165, 1.54) is 12.1 Å². The number of aryl methyl sites for hydroxylation is 1.